The number of benzene rings is 2. The first kappa shape index (κ1) is 27.2. The molecule has 34 heavy (non-hydrogen) atoms. The number of aryl methyl sites for hydroxylation is 4. The molecule has 0 saturated carbocycles. The largest absolute Gasteiger partial charge is 0.338 e. The maximum atomic E-state index is 12.0. The molecule has 0 heterocycles. The van der Waals surface area contributed by atoms with Crippen LogP contribution in [0, 0.1) is 27.7 Å². The van der Waals surface area contributed by atoms with E-state index in [0.717, 1.165) is 59.3 Å². The van der Waals surface area contributed by atoms with Crippen LogP contribution in [-0.4, -0.2) is 25.2 Å². The Morgan fingerprint density at radius 3 is 1.29 bits per heavy atom. The summed E-state index contributed by atoms with van der Waals surface area (Å²) >= 11 is 0. The summed E-state index contributed by atoms with van der Waals surface area (Å²) in [5.41, 5.74) is 6.14. The number of amides is 4. The van der Waals surface area contributed by atoms with Crippen molar-refractivity contribution in [3.05, 3.63) is 58.7 Å². The molecule has 0 saturated heterocycles. The Morgan fingerprint density at radius 2 is 0.912 bits per heavy atom. The van der Waals surface area contributed by atoms with Gasteiger partial charge in [-0.2, -0.15) is 0 Å². The summed E-state index contributed by atoms with van der Waals surface area (Å²) in [7, 11) is 0. The van der Waals surface area contributed by atoms with Gasteiger partial charge in [0.2, 0.25) is 0 Å². The lowest BCUT2D eigenvalue weighted by molar-refractivity contribution is 0.251. The van der Waals surface area contributed by atoms with E-state index in [1.807, 2.05) is 64.1 Å². The van der Waals surface area contributed by atoms with Crippen LogP contribution in [0.3, 0.4) is 0 Å². The molecule has 0 atom stereocenters. The van der Waals surface area contributed by atoms with E-state index in [-0.39, 0.29) is 12.1 Å². The summed E-state index contributed by atoms with van der Waals surface area (Å²) < 4.78 is 0. The van der Waals surface area contributed by atoms with Crippen LogP contribution < -0.4 is 21.3 Å². The number of anilines is 2. The molecule has 2 rings (SSSR count). The molecule has 0 aliphatic carbocycles. The molecule has 0 unspecified atom stereocenters. The molecule has 2 aromatic carbocycles. The number of hydrogen-bond donors (Lipinski definition) is 4. The highest BCUT2D eigenvalue weighted by Gasteiger charge is 2.05. The molecular formula is C28H42N4O2. The fraction of sp³-hybridized carbons (Fsp3) is 0.500. The standard InChI is InChI=1S/C28H42N4O2/c1-21-13-15-23(3)25(19-21)31-27(33)29-17-11-9-7-5-6-8-10-12-18-30-28(34)32-26-20-22(2)14-16-24(26)4/h13-16,19-20H,5-12,17-18H2,1-4H3,(H2,29,31,33)(H2,30,32,34). The highest BCUT2D eigenvalue weighted by Crippen LogP contribution is 2.17. The van der Waals surface area contributed by atoms with Crippen molar-refractivity contribution >= 4 is 23.4 Å². The van der Waals surface area contributed by atoms with Gasteiger partial charge in [-0.15, -0.1) is 0 Å². The van der Waals surface area contributed by atoms with Crippen molar-refractivity contribution in [3.63, 3.8) is 0 Å². The van der Waals surface area contributed by atoms with Crippen LogP contribution in [0.25, 0.3) is 0 Å². The Kier molecular flexibility index (Phi) is 12.0. The van der Waals surface area contributed by atoms with Crippen molar-refractivity contribution in [2.24, 2.45) is 0 Å². The molecule has 0 aliphatic heterocycles. The molecule has 2 aromatic rings. The maximum absolute atomic E-state index is 12.0. The third kappa shape index (κ3) is 10.7. The van der Waals surface area contributed by atoms with Gasteiger partial charge in [-0.25, -0.2) is 9.59 Å². The fourth-order valence-electron chi connectivity index (χ4n) is 3.79. The topological polar surface area (TPSA) is 82.3 Å². The van der Waals surface area contributed by atoms with Gasteiger partial charge in [0, 0.05) is 24.5 Å². The molecule has 186 valence electrons. The van der Waals surface area contributed by atoms with Crippen molar-refractivity contribution in [1.82, 2.24) is 10.6 Å². The Balaban J connectivity index is 1.41. The zero-order valence-electron chi connectivity index (χ0n) is 21.4. The first-order chi connectivity index (χ1) is 16.3. The molecule has 0 aliphatic rings. The smallest absolute Gasteiger partial charge is 0.319 e. The predicted octanol–water partition coefficient (Wildman–Crippen LogP) is 6.98. The lowest BCUT2D eigenvalue weighted by Crippen LogP contribution is -2.29. The quantitative estimate of drug-likeness (QED) is 0.240. The molecule has 0 fully saturated rings. The number of carbonyl (C=O) groups excluding carboxylic acids is 2. The summed E-state index contributed by atoms with van der Waals surface area (Å²) in [5, 5.41) is 11.7. The van der Waals surface area contributed by atoms with E-state index in [4.69, 9.17) is 0 Å². The lowest BCUT2D eigenvalue weighted by Gasteiger charge is -2.11. The van der Waals surface area contributed by atoms with Crippen LogP contribution in [0.15, 0.2) is 36.4 Å². The summed E-state index contributed by atoms with van der Waals surface area (Å²) in [5.74, 6) is 0. The van der Waals surface area contributed by atoms with Crippen LogP contribution in [-0.2, 0) is 0 Å². The Labute approximate surface area is 205 Å². The third-order valence-corrected chi connectivity index (χ3v) is 5.96. The zero-order chi connectivity index (χ0) is 24.8. The van der Waals surface area contributed by atoms with Gasteiger partial charge in [0.1, 0.15) is 0 Å². The molecule has 0 radical (unpaired) electrons. The van der Waals surface area contributed by atoms with Crippen LogP contribution in [0.4, 0.5) is 21.0 Å². The molecule has 6 heteroatoms. The predicted molar refractivity (Wildman–Crippen MR) is 143 cm³/mol. The number of unbranched alkanes of at least 4 members (excludes halogenated alkanes) is 7. The SMILES string of the molecule is Cc1ccc(C)c(NC(=O)NCCCCCCCCCCNC(=O)Nc2cc(C)ccc2C)c1. The van der Waals surface area contributed by atoms with E-state index in [9.17, 15) is 9.59 Å². The first-order valence-corrected chi connectivity index (χ1v) is 12.6. The maximum Gasteiger partial charge on any atom is 0.319 e. The highest BCUT2D eigenvalue weighted by atomic mass is 16.2. The van der Waals surface area contributed by atoms with Gasteiger partial charge in [-0.1, -0.05) is 62.8 Å². The van der Waals surface area contributed by atoms with Gasteiger partial charge in [0.25, 0.3) is 0 Å². The summed E-state index contributed by atoms with van der Waals surface area (Å²) in [4.78, 5) is 24.1. The van der Waals surface area contributed by atoms with Gasteiger partial charge in [0.05, 0.1) is 0 Å². The van der Waals surface area contributed by atoms with E-state index >= 15 is 0 Å². The molecule has 0 bridgehead atoms. The second kappa shape index (κ2) is 15.0. The number of hydrogen-bond acceptors (Lipinski definition) is 2. The van der Waals surface area contributed by atoms with Crippen molar-refractivity contribution in [2.75, 3.05) is 23.7 Å². The van der Waals surface area contributed by atoms with Crippen molar-refractivity contribution in [1.29, 1.82) is 0 Å². The summed E-state index contributed by atoms with van der Waals surface area (Å²) in [6.07, 6.45) is 9.07. The van der Waals surface area contributed by atoms with Gasteiger partial charge in [0.15, 0.2) is 0 Å². The number of urea groups is 2. The average Bonchev–Trinajstić information content (AvgIpc) is 2.79. The van der Waals surface area contributed by atoms with Crippen LogP contribution in [0.2, 0.25) is 0 Å². The van der Waals surface area contributed by atoms with Gasteiger partial charge in [-0.3, -0.25) is 0 Å². The molecule has 4 N–H and O–H groups in total. The van der Waals surface area contributed by atoms with E-state index in [1.165, 1.54) is 25.7 Å². The summed E-state index contributed by atoms with van der Waals surface area (Å²) in [6, 6.07) is 11.8. The molecule has 0 spiro atoms. The average molecular weight is 467 g/mol. The van der Waals surface area contributed by atoms with Crippen LogP contribution in [0.5, 0.6) is 0 Å². The zero-order valence-corrected chi connectivity index (χ0v) is 21.4. The summed E-state index contributed by atoms with van der Waals surface area (Å²) in [6.45, 7) is 9.43. The second-order valence-electron chi connectivity index (χ2n) is 9.23. The molecule has 6 nitrogen and oxygen atoms in total. The number of carbonyl (C=O) groups is 2. The Morgan fingerprint density at radius 1 is 0.559 bits per heavy atom. The van der Waals surface area contributed by atoms with Crippen molar-refractivity contribution in [2.45, 2.75) is 79.1 Å². The van der Waals surface area contributed by atoms with E-state index < -0.39 is 0 Å². The minimum absolute atomic E-state index is 0.134. The van der Waals surface area contributed by atoms with Gasteiger partial charge in [-0.05, 0) is 74.9 Å². The molecule has 4 amide bonds. The van der Waals surface area contributed by atoms with Crippen molar-refractivity contribution in [3.8, 4) is 0 Å². The van der Waals surface area contributed by atoms with Gasteiger partial charge < -0.3 is 21.3 Å². The minimum Gasteiger partial charge on any atom is -0.338 e. The lowest BCUT2D eigenvalue weighted by atomic mass is 10.1. The Bertz CT molecular complexity index is 851. The third-order valence-electron chi connectivity index (χ3n) is 5.96. The molecular weight excluding hydrogens is 424 g/mol. The second-order valence-corrected chi connectivity index (χ2v) is 9.23. The first-order valence-electron chi connectivity index (χ1n) is 12.6. The van der Waals surface area contributed by atoms with Crippen molar-refractivity contribution < 1.29 is 9.59 Å². The monoisotopic (exact) mass is 466 g/mol. The highest BCUT2D eigenvalue weighted by molar-refractivity contribution is 5.90. The number of rotatable bonds is 13. The fourth-order valence-corrected chi connectivity index (χ4v) is 3.79. The van der Waals surface area contributed by atoms with E-state index in [0.29, 0.717) is 13.1 Å². The number of nitrogens with one attached hydrogen (secondary N) is 4. The van der Waals surface area contributed by atoms with E-state index in [1.54, 1.807) is 0 Å². The molecule has 0 aromatic heterocycles. The normalized spacial score (nSPS) is 10.6. The van der Waals surface area contributed by atoms with E-state index in [2.05, 4.69) is 21.3 Å². The minimum atomic E-state index is -0.134. The van der Waals surface area contributed by atoms with Crippen LogP contribution >= 0.6 is 0 Å². The van der Waals surface area contributed by atoms with Gasteiger partial charge >= 0.3 is 12.1 Å². The Hall–Kier alpha value is -3.02. The van der Waals surface area contributed by atoms with Crippen LogP contribution in [0.1, 0.15) is 73.6 Å².